The number of ether oxygens (including phenoxy) is 2. The number of carbonyl (C=O) groups excluding carboxylic acids is 1. The van der Waals surface area contributed by atoms with Gasteiger partial charge in [0.25, 0.3) is 0 Å². The van der Waals surface area contributed by atoms with E-state index in [9.17, 15) is 20.1 Å². The molecule has 0 aromatic heterocycles. The number of amides is 1. The molecule has 6 atom stereocenters. The quantitative estimate of drug-likeness (QED) is 0.0642. The average molecular weight is 558 g/mol. The summed E-state index contributed by atoms with van der Waals surface area (Å²) in [5.74, 6) is -0.0739. The Labute approximate surface area is 239 Å². The molecule has 1 saturated carbocycles. The Morgan fingerprint density at radius 3 is 1.74 bits per heavy atom. The summed E-state index contributed by atoms with van der Waals surface area (Å²) in [5, 5.41) is 33.9. The minimum absolute atomic E-state index is 0.0604. The maximum Gasteiger partial charge on any atom is 0.220 e. The molecule has 39 heavy (non-hydrogen) atoms. The first-order chi connectivity index (χ1) is 18.9. The van der Waals surface area contributed by atoms with Gasteiger partial charge in [-0.25, -0.2) is 0 Å². The number of unbranched alkanes of at least 4 members (excludes halogenated alkanes) is 15. The molecular weight excluding hydrogens is 494 g/mol. The van der Waals surface area contributed by atoms with Gasteiger partial charge >= 0.3 is 0 Å². The summed E-state index contributed by atoms with van der Waals surface area (Å²) in [6, 6.07) is -0.555. The molecule has 7 heteroatoms. The SMILES string of the molecule is CCCCCCCCCCCCCCCC(O)C(COC(OC1CC1O)C(O)CC)NC(=O)CCCCCC. The average Bonchev–Trinajstić information content (AvgIpc) is 3.64. The zero-order valence-corrected chi connectivity index (χ0v) is 25.6. The number of aliphatic hydroxyl groups excluding tert-OH is 3. The van der Waals surface area contributed by atoms with Crippen LogP contribution in [0, 0.1) is 0 Å². The Balaban J connectivity index is 2.37. The van der Waals surface area contributed by atoms with Gasteiger partial charge in [0.05, 0.1) is 31.0 Å². The summed E-state index contributed by atoms with van der Waals surface area (Å²) in [5.41, 5.74) is 0. The van der Waals surface area contributed by atoms with Crippen molar-refractivity contribution < 1.29 is 29.6 Å². The van der Waals surface area contributed by atoms with E-state index < -0.39 is 30.6 Å². The van der Waals surface area contributed by atoms with Crippen molar-refractivity contribution >= 4 is 5.91 Å². The number of hydrogen-bond donors (Lipinski definition) is 4. The molecule has 4 N–H and O–H groups in total. The fourth-order valence-corrected chi connectivity index (χ4v) is 4.92. The summed E-state index contributed by atoms with van der Waals surface area (Å²) in [4.78, 5) is 12.6. The Kier molecular flexibility index (Phi) is 22.3. The van der Waals surface area contributed by atoms with Gasteiger partial charge in [-0.1, -0.05) is 124 Å². The molecule has 1 aliphatic rings. The standard InChI is InChI=1S/C32H63NO6/c1-4-7-9-11-12-13-14-15-16-17-18-19-20-22-28(35)26(33-31(37)23-21-10-8-5-2)25-38-32(27(34)6-3)39-30-24-29(30)36/h26-30,32,34-36H,4-25H2,1-3H3,(H,33,37). The molecule has 0 bridgehead atoms. The second kappa shape index (κ2) is 23.9. The normalized spacial score (nSPS) is 19.9. The van der Waals surface area contributed by atoms with E-state index in [4.69, 9.17) is 9.47 Å². The number of nitrogens with one attached hydrogen (secondary N) is 1. The number of hydrogen-bond acceptors (Lipinski definition) is 6. The van der Waals surface area contributed by atoms with Crippen molar-refractivity contribution in [2.75, 3.05) is 6.61 Å². The minimum Gasteiger partial charge on any atom is -0.391 e. The van der Waals surface area contributed by atoms with Crippen molar-refractivity contribution in [1.29, 1.82) is 0 Å². The zero-order valence-electron chi connectivity index (χ0n) is 25.6. The van der Waals surface area contributed by atoms with Crippen molar-refractivity contribution in [2.45, 2.75) is 192 Å². The summed E-state index contributed by atoms with van der Waals surface area (Å²) < 4.78 is 11.6. The third-order valence-corrected chi connectivity index (χ3v) is 7.85. The van der Waals surface area contributed by atoms with Crippen LogP contribution in [0.2, 0.25) is 0 Å². The van der Waals surface area contributed by atoms with Crippen LogP contribution in [0.4, 0.5) is 0 Å². The summed E-state index contributed by atoms with van der Waals surface area (Å²) in [7, 11) is 0. The molecule has 0 aromatic carbocycles. The van der Waals surface area contributed by atoms with Crippen LogP contribution in [0.1, 0.15) is 156 Å². The second-order valence-electron chi connectivity index (χ2n) is 11.7. The summed E-state index contributed by atoms with van der Waals surface area (Å²) in [6.07, 6.45) is 19.4. The van der Waals surface area contributed by atoms with Crippen LogP contribution >= 0.6 is 0 Å². The Morgan fingerprint density at radius 2 is 1.26 bits per heavy atom. The largest absolute Gasteiger partial charge is 0.391 e. The van der Waals surface area contributed by atoms with E-state index in [2.05, 4.69) is 19.2 Å². The number of carbonyl (C=O) groups is 1. The molecule has 0 heterocycles. The highest BCUT2D eigenvalue weighted by molar-refractivity contribution is 5.76. The molecule has 1 amide bonds. The van der Waals surface area contributed by atoms with Gasteiger partial charge in [-0.15, -0.1) is 0 Å². The van der Waals surface area contributed by atoms with E-state index in [0.29, 0.717) is 25.7 Å². The lowest BCUT2D eigenvalue weighted by Crippen LogP contribution is -2.48. The molecular formula is C32H63NO6. The third kappa shape index (κ3) is 19.1. The van der Waals surface area contributed by atoms with Crippen LogP contribution in [-0.4, -0.2) is 64.6 Å². The Morgan fingerprint density at radius 1 is 0.769 bits per heavy atom. The fourth-order valence-electron chi connectivity index (χ4n) is 4.92. The Hall–Kier alpha value is -0.730. The van der Waals surface area contributed by atoms with Gasteiger partial charge in [0.15, 0.2) is 6.29 Å². The van der Waals surface area contributed by atoms with Crippen LogP contribution in [-0.2, 0) is 14.3 Å². The van der Waals surface area contributed by atoms with Crippen molar-refractivity contribution in [3.63, 3.8) is 0 Å². The Bertz CT molecular complexity index is 577. The lowest BCUT2D eigenvalue weighted by molar-refractivity contribution is -0.209. The topological polar surface area (TPSA) is 108 Å². The lowest BCUT2D eigenvalue weighted by Gasteiger charge is -2.28. The molecule has 6 unspecified atom stereocenters. The van der Waals surface area contributed by atoms with E-state index in [0.717, 1.165) is 38.5 Å². The number of rotatable bonds is 28. The van der Waals surface area contributed by atoms with Gasteiger partial charge < -0.3 is 30.1 Å². The molecule has 0 aliphatic heterocycles. The highest BCUT2D eigenvalue weighted by Gasteiger charge is 2.40. The zero-order chi connectivity index (χ0) is 28.7. The van der Waals surface area contributed by atoms with Crippen LogP contribution < -0.4 is 5.32 Å². The van der Waals surface area contributed by atoms with Gasteiger partial charge in [0.2, 0.25) is 5.91 Å². The van der Waals surface area contributed by atoms with Crippen molar-refractivity contribution in [3.8, 4) is 0 Å². The monoisotopic (exact) mass is 557 g/mol. The van der Waals surface area contributed by atoms with Gasteiger partial charge in [-0.3, -0.25) is 4.79 Å². The maximum absolute atomic E-state index is 12.6. The summed E-state index contributed by atoms with van der Waals surface area (Å²) in [6.45, 7) is 6.30. The number of aliphatic hydroxyl groups is 3. The highest BCUT2D eigenvalue weighted by atomic mass is 16.7. The lowest BCUT2D eigenvalue weighted by atomic mass is 10.0. The third-order valence-electron chi connectivity index (χ3n) is 7.85. The van der Waals surface area contributed by atoms with Crippen molar-refractivity contribution in [3.05, 3.63) is 0 Å². The maximum atomic E-state index is 12.6. The molecule has 1 fully saturated rings. The molecule has 7 nitrogen and oxygen atoms in total. The minimum atomic E-state index is -0.885. The molecule has 0 aromatic rings. The second-order valence-corrected chi connectivity index (χ2v) is 11.7. The van der Waals surface area contributed by atoms with E-state index in [1.165, 1.54) is 70.6 Å². The van der Waals surface area contributed by atoms with Gasteiger partial charge in [0.1, 0.15) is 6.10 Å². The van der Waals surface area contributed by atoms with Gasteiger partial charge in [-0.05, 0) is 19.3 Å². The smallest absolute Gasteiger partial charge is 0.220 e. The van der Waals surface area contributed by atoms with Crippen LogP contribution in [0.25, 0.3) is 0 Å². The first-order valence-electron chi connectivity index (χ1n) is 16.5. The van der Waals surface area contributed by atoms with E-state index in [1.54, 1.807) is 0 Å². The van der Waals surface area contributed by atoms with E-state index >= 15 is 0 Å². The molecule has 1 rings (SSSR count). The van der Waals surface area contributed by atoms with E-state index in [-0.39, 0.29) is 18.6 Å². The van der Waals surface area contributed by atoms with Gasteiger partial charge in [0, 0.05) is 12.8 Å². The first kappa shape index (κ1) is 36.3. The predicted molar refractivity (Wildman–Crippen MR) is 159 cm³/mol. The van der Waals surface area contributed by atoms with Crippen molar-refractivity contribution in [1.82, 2.24) is 5.32 Å². The van der Waals surface area contributed by atoms with Crippen LogP contribution in [0.15, 0.2) is 0 Å². The molecule has 0 saturated heterocycles. The van der Waals surface area contributed by atoms with Crippen molar-refractivity contribution in [2.24, 2.45) is 0 Å². The molecule has 0 radical (unpaired) electrons. The van der Waals surface area contributed by atoms with Gasteiger partial charge in [-0.2, -0.15) is 0 Å². The van der Waals surface area contributed by atoms with Crippen LogP contribution in [0.5, 0.6) is 0 Å². The van der Waals surface area contributed by atoms with Crippen LogP contribution in [0.3, 0.4) is 0 Å². The molecule has 0 spiro atoms. The highest BCUT2D eigenvalue weighted by Crippen LogP contribution is 2.28. The predicted octanol–water partition coefficient (Wildman–Crippen LogP) is 6.55. The van der Waals surface area contributed by atoms with E-state index in [1.807, 2.05) is 6.92 Å². The fraction of sp³-hybridized carbons (Fsp3) is 0.969. The summed E-state index contributed by atoms with van der Waals surface area (Å²) >= 11 is 0. The molecule has 1 aliphatic carbocycles. The molecule has 232 valence electrons. The first-order valence-corrected chi connectivity index (χ1v) is 16.5.